The van der Waals surface area contributed by atoms with Gasteiger partial charge in [-0.1, -0.05) is 74.4 Å². The van der Waals surface area contributed by atoms with Crippen LogP contribution in [0.1, 0.15) is 79.7 Å². The topological polar surface area (TPSA) is 134 Å². The molecule has 0 spiro atoms. The number of hydrogen-bond acceptors (Lipinski definition) is 8. The Hall–Kier alpha value is -4.50. The van der Waals surface area contributed by atoms with Crippen LogP contribution in [0.25, 0.3) is 5.57 Å². The Bertz CT molecular complexity index is 1710. The van der Waals surface area contributed by atoms with Crippen molar-refractivity contribution < 1.29 is 24.5 Å². The van der Waals surface area contributed by atoms with E-state index < -0.39 is 6.61 Å². The van der Waals surface area contributed by atoms with E-state index in [1.807, 2.05) is 25.4 Å². The van der Waals surface area contributed by atoms with Gasteiger partial charge in [-0.25, -0.2) is 0 Å². The zero-order valence-electron chi connectivity index (χ0n) is 31.1. The highest BCUT2D eigenvalue weighted by Gasteiger charge is 2.20. The highest BCUT2D eigenvalue weighted by Crippen LogP contribution is 2.36. The van der Waals surface area contributed by atoms with Crippen LogP contribution in [-0.4, -0.2) is 55.3 Å². The summed E-state index contributed by atoms with van der Waals surface area (Å²) in [5.74, 6) is 0.324. The molecular formula is C44H57N3O5. The number of unbranched alkanes of at least 4 members (excludes halogenated alkanes) is 2. The predicted molar refractivity (Wildman–Crippen MR) is 210 cm³/mol. The number of phenols is 1. The van der Waals surface area contributed by atoms with Crippen molar-refractivity contribution in [2.24, 2.45) is 11.7 Å². The molecule has 3 aromatic rings. The second-order valence-corrected chi connectivity index (χ2v) is 14.0. The molecular weight excluding hydrogens is 650 g/mol. The lowest BCUT2D eigenvalue weighted by Crippen LogP contribution is -2.35. The Kier molecular flexibility index (Phi) is 16.4. The minimum Gasteiger partial charge on any atom is -0.504 e. The molecule has 6 N–H and O–H groups in total. The molecule has 1 unspecified atom stereocenters. The van der Waals surface area contributed by atoms with Crippen LogP contribution in [0.3, 0.4) is 0 Å². The number of ketones is 2. The van der Waals surface area contributed by atoms with Gasteiger partial charge in [0, 0.05) is 12.6 Å². The summed E-state index contributed by atoms with van der Waals surface area (Å²) >= 11 is 0. The maximum Gasteiger partial charge on any atom is 0.163 e. The van der Waals surface area contributed by atoms with Crippen molar-refractivity contribution in [3.05, 3.63) is 124 Å². The number of aliphatic hydroxyl groups is 1. The SMILES string of the molecule is CNC[C@H](C)CCCCCC(=O)CC(=O)/C=C(\CO)c1cc(OC)c(O)cc1CC1=CNC(N)C=C1CCc1cccc(CCc2ccccc2)c1. The first kappa shape index (κ1) is 40.3. The monoisotopic (exact) mass is 707 g/mol. The van der Waals surface area contributed by atoms with E-state index in [9.17, 15) is 19.8 Å². The predicted octanol–water partition coefficient (Wildman–Crippen LogP) is 6.77. The van der Waals surface area contributed by atoms with E-state index in [0.717, 1.165) is 69.1 Å². The Labute approximate surface area is 309 Å². The molecule has 8 heteroatoms. The van der Waals surface area contributed by atoms with Gasteiger partial charge in [0.1, 0.15) is 5.78 Å². The number of phenolic OH excluding ortho intramolecular Hbond substituents is 1. The molecule has 0 aromatic heterocycles. The average Bonchev–Trinajstić information content (AvgIpc) is 3.14. The van der Waals surface area contributed by atoms with Crippen molar-refractivity contribution in [1.82, 2.24) is 10.6 Å². The second-order valence-electron chi connectivity index (χ2n) is 14.0. The molecule has 278 valence electrons. The number of aromatic hydroxyl groups is 1. The van der Waals surface area contributed by atoms with Gasteiger partial charge in [-0.2, -0.15) is 0 Å². The molecule has 4 rings (SSSR count). The number of rotatable bonds is 22. The number of nitrogens with two attached hydrogens (primary N) is 1. The van der Waals surface area contributed by atoms with Crippen LogP contribution in [0.4, 0.5) is 0 Å². The molecule has 3 aromatic carbocycles. The summed E-state index contributed by atoms with van der Waals surface area (Å²) in [5.41, 5.74) is 13.9. The molecule has 0 amide bonds. The van der Waals surface area contributed by atoms with Crippen LogP contribution in [0.5, 0.6) is 11.5 Å². The van der Waals surface area contributed by atoms with E-state index >= 15 is 0 Å². The molecule has 2 atom stereocenters. The lowest BCUT2D eigenvalue weighted by atomic mass is 9.88. The number of hydrogen-bond donors (Lipinski definition) is 5. The van der Waals surface area contributed by atoms with Gasteiger partial charge in [0.05, 0.1) is 26.3 Å². The van der Waals surface area contributed by atoms with Crippen molar-refractivity contribution in [3.63, 3.8) is 0 Å². The maximum absolute atomic E-state index is 13.1. The minimum absolute atomic E-state index is 0.0423. The maximum atomic E-state index is 13.1. The van der Waals surface area contributed by atoms with Crippen LogP contribution >= 0.6 is 0 Å². The van der Waals surface area contributed by atoms with E-state index in [4.69, 9.17) is 10.5 Å². The number of ether oxygens (including phenoxy) is 1. The first-order chi connectivity index (χ1) is 25.2. The highest BCUT2D eigenvalue weighted by molar-refractivity contribution is 6.07. The van der Waals surface area contributed by atoms with Crippen molar-refractivity contribution in [2.75, 3.05) is 27.3 Å². The Morgan fingerprint density at radius 1 is 0.942 bits per heavy atom. The van der Waals surface area contributed by atoms with Crippen LogP contribution in [0, 0.1) is 5.92 Å². The number of nitrogens with one attached hydrogen (secondary N) is 2. The van der Waals surface area contributed by atoms with E-state index in [2.05, 4.69) is 66.1 Å². The van der Waals surface area contributed by atoms with Gasteiger partial charge >= 0.3 is 0 Å². The summed E-state index contributed by atoms with van der Waals surface area (Å²) in [4.78, 5) is 25.7. The summed E-state index contributed by atoms with van der Waals surface area (Å²) < 4.78 is 5.41. The zero-order valence-corrected chi connectivity index (χ0v) is 31.1. The molecule has 0 aliphatic carbocycles. The van der Waals surface area contributed by atoms with Crippen molar-refractivity contribution >= 4 is 17.1 Å². The highest BCUT2D eigenvalue weighted by atomic mass is 16.5. The quantitative estimate of drug-likeness (QED) is 0.0439. The molecule has 8 nitrogen and oxygen atoms in total. The Balaban J connectivity index is 1.43. The standard InChI is InChI=1S/C44H57N3O5/c1-31(28-46-2)11-6-4-9-16-39(49)26-40(50)23-38(30-48)41-27-43(52-3)42(51)24-36(41)22-37-29-47-44(45)25-35(37)20-19-34-15-10-14-33(21-34)18-17-32-12-7-5-8-13-32/h5,7-8,10,12-15,21,23-25,27,29,31,44,46-48,51H,4,6,9,11,16-20,22,26,28,30,45H2,1-3H3/b38-23+/t31-,44?/m1/s1. The second kappa shape index (κ2) is 21.1. The van der Waals surface area contributed by atoms with Gasteiger partial charge in [0.25, 0.3) is 0 Å². The molecule has 1 aliphatic heterocycles. The Morgan fingerprint density at radius 2 is 1.65 bits per heavy atom. The molecule has 0 radical (unpaired) electrons. The van der Waals surface area contributed by atoms with E-state index in [-0.39, 0.29) is 35.7 Å². The molecule has 1 aliphatic rings. The van der Waals surface area contributed by atoms with E-state index in [0.29, 0.717) is 35.5 Å². The third-order valence-corrected chi connectivity index (χ3v) is 9.68. The van der Waals surface area contributed by atoms with E-state index in [1.54, 1.807) is 12.1 Å². The Morgan fingerprint density at radius 3 is 2.37 bits per heavy atom. The van der Waals surface area contributed by atoms with Crippen molar-refractivity contribution in [3.8, 4) is 11.5 Å². The number of carbonyl (C=O) groups is 2. The average molecular weight is 708 g/mol. The molecule has 52 heavy (non-hydrogen) atoms. The number of benzene rings is 3. The number of methoxy groups -OCH3 is 1. The molecule has 0 saturated carbocycles. The molecule has 1 heterocycles. The summed E-state index contributed by atoms with van der Waals surface area (Å²) in [7, 11) is 3.41. The zero-order chi connectivity index (χ0) is 37.3. The lowest BCUT2D eigenvalue weighted by Gasteiger charge is -2.23. The van der Waals surface area contributed by atoms with Gasteiger partial charge in [-0.3, -0.25) is 9.59 Å². The fourth-order valence-corrected chi connectivity index (χ4v) is 6.83. The van der Waals surface area contributed by atoms with Crippen LogP contribution in [-0.2, 0) is 35.3 Å². The van der Waals surface area contributed by atoms with Crippen LogP contribution < -0.4 is 21.1 Å². The summed E-state index contributed by atoms with van der Waals surface area (Å²) in [6.07, 6.45) is 13.0. The third kappa shape index (κ3) is 12.9. The normalized spacial score (nSPS) is 15.0. The number of allylic oxidation sites excluding steroid dienone is 3. The smallest absolute Gasteiger partial charge is 0.163 e. The first-order valence-electron chi connectivity index (χ1n) is 18.6. The number of Topliss-reactive ketones (excluding diaryl/α,β-unsaturated/α-hetero) is 1. The fraction of sp³-hybridized carbons (Fsp3) is 0.409. The number of aryl methyl sites for hydroxylation is 3. The molecule has 0 saturated heterocycles. The lowest BCUT2D eigenvalue weighted by molar-refractivity contribution is -0.124. The summed E-state index contributed by atoms with van der Waals surface area (Å²) in [6, 6.07) is 22.5. The third-order valence-electron chi connectivity index (χ3n) is 9.68. The van der Waals surface area contributed by atoms with Gasteiger partial charge in [-0.15, -0.1) is 0 Å². The summed E-state index contributed by atoms with van der Waals surface area (Å²) in [5, 5.41) is 27.6. The van der Waals surface area contributed by atoms with Crippen LogP contribution in [0.15, 0.2) is 96.2 Å². The molecule has 0 fully saturated rings. The van der Waals surface area contributed by atoms with Crippen molar-refractivity contribution in [1.29, 1.82) is 0 Å². The number of carbonyl (C=O) groups excluding carboxylic acids is 2. The van der Waals surface area contributed by atoms with Gasteiger partial charge in [-0.05, 0) is 133 Å². The van der Waals surface area contributed by atoms with Gasteiger partial charge < -0.3 is 31.3 Å². The van der Waals surface area contributed by atoms with Crippen molar-refractivity contribution in [2.45, 2.75) is 83.7 Å². The number of aliphatic hydroxyl groups excluding tert-OH is 1. The first-order valence-corrected chi connectivity index (χ1v) is 18.6. The van der Waals surface area contributed by atoms with Gasteiger partial charge in [0.2, 0.25) is 0 Å². The fourth-order valence-electron chi connectivity index (χ4n) is 6.83. The largest absolute Gasteiger partial charge is 0.504 e. The van der Waals surface area contributed by atoms with E-state index in [1.165, 1.54) is 29.9 Å². The molecule has 0 bridgehead atoms. The summed E-state index contributed by atoms with van der Waals surface area (Å²) in [6.45, 7) is 2.77. The van der Waals surface area contributed by atoms with Crippen LogP contribution in [0.2, 0.25) is 0 Å². The van der Waals surface area contributed by atoms with Gasteiger partial charge in [0.15, 0.2) is 17.3 Å². The number of dihydropyridines is 1. The minimum atomic E-state index is -0.420.